The standard InChI is InChI=1S/C20H22N6O/c1-22-11-13(10-21)17-9-15-18(12-23-17)25-20(15)16-3-2-4-19(24-16)26-7-5-14(27)6-8-26/h2-4,9-14,21,27H,5-8H2,1H3. The summed E-state index contributed by atoms with van der Waals surface area (Å²) < 4.78 is 0. The van der Waals surface area contributed by atoms with E-state index in [1.54, 1.807) is 19.5 Å². The van der Waals surface area contributed by atoms with Gasteiger partial charge in [-0.25, -0.2) is 9.98 Å². The lowest BCUT2D eigenvalue weighted by Crippen LogP contribution is -2.36. The first-order valence-corrected chi connectivity index (χ1v) is 9.12. The molecule has 0 saturated carbocycles. The van der Waals surface area contributed by atoms with Crippen LogP contribution in [0.25, 0.3) is 0 Å². The number of pyridine rings is 2. The van der Waals surface area contributed by atoms with Crippen LogP contribution < -0.4 is 4.90 Å². The van der Waals surface area contributed by atoms with Crippen molar-refractivity contribution in [1.29, 1.82) is 5.41 Å². The number of aliphatic imine (C=N–C) groups is 2. The number of nitrogens with zero attached hydrogens (tertiary/aromatic N) is 5. The summed E-state index contributed by atoms with van der Waals surface area (Å²) >= 11 is 0. The minimum absolute atomic E-state index is 0.202. The highest BCUT2D eigenvalue weighted by Crippen LogP contribution is 2.33. The highest BCUT2D eigenvalue weighted by molar-refractivity contribution is 6.21. The molecule has 2 aromatic rings. The molecule has 0 aliphatic carbocycles. The molecule has 1 atom stereocenters. The first-order valence-electron chi connectivity index (χ1n) is 9.12. The van der Waals surface area contributed by atoms with E-state index < -0.39 is 0 Å². The van der Waals surface area contributed by atoms with Crippen LogP contribution in [0.5, 0.6) is 0 Å². The van der Waals surface area contributed by atoms with Gasteiger partial charge in [0.25, 0.3) is 0 Å². The summed E-state index contributed by atoms with van der Waals surface area (Å²) in [7, 11) is 1.69. The molecule has 1 saturated heterocycles. The number of aliphatic hydroxyl groups is 1. The maximum Gasteiger partial charge on any atom is 0.129 e. The van der Waals surface area contributed by atoms with E-state index in [0.717, 1.165) is 60.1 Å². The molecule has 7 nitrogen and oxygen atoms in total. The van der Waals surface area contributed by atoms with Gasteiger partial charge >= 0.3 is 0 Å². The summed E-state index contributed by atoms with van der Waals surface area (Å²) in [6.45, 7) is 1.62. The van der Waals surface area contributed by atoms with Crippen molar-refractivity contribution in [3.8, 4) is 0 Å². The average molecular weight is 362 g/mol. The van der Waals surface area contributed by atoms with Crippen molar-refractivity contribution in [2.24, 2.45) is 9.98 Å². The van der Waals surface area contributed by atoms with Gasteiger partial charge in [0, 0.05) is 38.1 Å². The highest BCUT2D eigenvalue weighted by Gasteiger charge is 2.25. The van der Waals surface area contributed by atoms with Crippen molar-refractivity contribution < 1.29 is 5.11 Å². The smallest absolute Gasteiger partial charge is 0.129 e. The van der Waals surface area contributed by atoms with Gasteiger partial charge in [-0.15, -0.1) is 0 Å². The normalized spacial score (nSPS) is 18.0. The molecule has 2 aliphatic rings. The Kier molecular flexibility index (Phi) is 4.77. The number of aromatic nitrogens is 2. The van der Waals surface area contributed by atoms with Gasteiger partial charge in [-0.3, -0.25) is 9.98 Å². The van der Waals surface area contributed by atoms with Crippen LogP contribution in [0.4, 0.5) is 11.5 Å². The van der Waals surface area contributed by atoms with Crippen molar-refractivity contribution in [2.45, 2.75) is 24.9 Å². The van der Waals surface area contributed by atoms with Crippen LogP contribution >= 0.6 is 0 Å². The van der Waals surface area contributed by atoms with Crippen LogP contribution in [-0.2, 0) is 0 Å². The number of nitrogens with one attached hydrogen (secondary N) is 1. The third-order valence-electron chi connectivity index (χ3n) is 4.99. The molecule has 0 bridgehead atoms. The van der Waals surface area contributed by atoms with Gasteiger partial charge < -0.3 is 15.4 Å². The summed E-state index contributed by atoms with van der Waals surface area (Å²) in [5.41, 5.74) is 4.32. The lowest BCUT2D eigenvalue weighted by molar-refractivity contribution is 0.145. The Balaban J connectivity index is 1.59. The van der Waals surface area contributed by atoms with E-state index in [0.29, 0.717) is 0 Å². The number of aliphatic hydroxyl groups excluding tert-OH is 1. The molecular weight excluding hydrogens is 340 g/mol. The number of anilines is 1. The molecule has 1 unspecified atom stereocenters. The second kappa shape index (κ2) is 7.36. The van der Waals surface area contributed by atoms with Crippen molar-refractivity contribution in [1.82, 2.24) is 9.97 Å². The van der Waals surface area contributed by atoms with Gasteiger partial charge in [0.15, 0.2) is 0 Å². The van der Waals surface area contributed by atoms with Gasteiger partial charge in [0.05, 0.1) is 41.0 Å². The predicted molar refractivity (Wildman–Crippen MR) is 107 cm³/mol. The zero-order chi connectivity index (χ0) is 18.8. The number of fused-ring (bicyclic) bond motifs is 1. The molecule has 2 aliphatic heterocycles. The highest BCUT2D eigenvalue weighted by atomic mass is 16.3. The topological polar surface area (TPSA) is 97.8 Å². The van der Waals surface area contributed by atoms with Crippen LogP contribution in [0.1, 0.15) is 35.7 Å². The van der Waals surface area contributed by atoms with E-state index >= 15 is 0 Å². The maximum absolute atomic E-state index is 9.71. The predicted octanol–water partition coefficient (Wildman–Crippen LogP) is 2.35. The molecule has 27 heavy (non-hydrogen) atoms. The molecular formula is C20H22N6O. The molecule has 4 heterocycles. The largest absolute Gasteiger partial charge is 0.393 e. The fraction of sp³-hybridized carbons (Fsp3) is 0.350. The minimum Gasteiger partial charge on any atom is -0.393 e. The molecule has 2 aromatic heterocycles. The van der Waals surface area contributed by atoms with Crippen molar-refractivity contribution in [3.05, 3.63) is 47.4 Å². The molecule has 0 spiro atoms. The first kappa shape index (κ1) is 17.5. The second-order valence-corrected chi connectivity index (χ2v) is 6.79. The molecule has 4 rings (SSSR count). The first-order chi connectivity index (χ1) is 13.2. The second-order valence-electron chi connectivity index (χ2n) is 6.79. The Morgan fingerprint density at radius 3 is 2.89 bits per heavy atom. The molecule has 0 radical (unpaired) electrons. The Morgan fingerprint density at radius 2 is 2.15 bits per heavy atom. The number of hydrogen-bond donors (Lipinski definition) is 2. The third-order valence-corrected chi connectivity index (χ3v) is 4.99. The van der Waals surface area contributed by atoms with Crippen molar-refractivity contribution in [3.63, 3.8) is 0 Å². The van der Waals surface area contributed by atoms with Gasteiger partial charge in [0.1, 0.15) is 5.82 Å². The summed E-state index contributed by atoms with van der Waals surface area (Å²) in [6.07, 6.45) is 6.13. The lowest BCUT2D eigenvalue weighted by Gasteiger charge is -2.31. The van der Waals surface area contributed by atoms with E-state index in [2.05, 4.69) is 19.9 Å². The van der Waals surface area contributed by atoms with E-state index in [4.69, 9.17) is 10.4 Å². The van der Waals surface area contributed by atoms with Gasteiger partial charge in [-0.1, -0.05) is 6.07 Å². The van der Waals surface area contributed by atoms with Crippen LogP contribution in [0, 0.1) is 5.41 Å². The quantitative estimate of drug-likeness (QED) is 0.681. The molecule has 7 heteroatoms. The summed E-state index contributed by atoms with van der Waals surface area (Å²) in [5, 5.41) is 17.3. The molecule has 1 fully saturated rings. The molecule has 138 valence electrons. The van der Waals surface area contributed by atoms with E-state index in [9.17, 15) is 5.11 Å². The molecule has 0 amide bonds. The van der Waals surface area contributed by atoms with Gasteiger partial charge in [-0.2, -0.15) is 0 Å². The van der Waals surface area contributed by atoms with Crippen molar-refractivity contribution in [2.75, 3.05) is 25.0 Å². The Morgan fingerprint density at radius 1 is 1.33 bits per heavy atom. The van der Waals surface area contributed by atoms with E-state index in [1.165, 1.54) is 6.21 Å². The lowest BCUT2D eigenvalue weighted by atomic mass is 9.96. The van der Waals surface area contributed by atoms with Crippen molar-refractivity contribution >= 4 is 29.6 Å². The van der Waals surface area contributed by atoms with Crippen LogP contribution in [0.15, 0.2) is 40.4 Å². The maximum atomic E-state index is 9.71. The Bertz CT molecular complexity index is 914. The molecule has 0 aromatic carbocycles. The number of rotatable bonds is 5. The number of hydrogen-bond acceptors (Lipinski definition) is 7. The van der Waals surface area contributed by atoms with Crippen LogP contribution in [0.2, 0.25) is 0 Å². The number of piperidine rings is 1. The Labute approximate surface area is 158 Å². The fourth-order valence-electron chi connectivity index (χ4n) is 3.44. The summed E-state index contributed by atoms with van der Waals surface area (Å²) in [5.74, 6) is 0.682. The third kappa shape index (κ3) is 3.38. The minimum atomic E-state index is -0.235. The fourth-order valence-corrected chi connectivity index (χ4v) is 3.44. The average Bonchev–Trinajstić information content (AvgIpc) is 2.68. The summed E-state index contributed by atoms with van der Waals surface area (Å²) in [6, 6.07) is 7.93. The summed E-state index contributed by atoms with van der Waals surface area (Å²) in [4.78, 5) is 20.0. The van der Waals surface area contributed by atoms with Crippen LogP contribution in [-0.4, -0.2) is 59.5 Å². The van der Waals surface area contributed by atoms with Gasteiger partial charge in [-0.05, 0) is 31.0 Å². The zero-order valence-electron chi connectivity index (χ0n) is 15.2. The van der Waals surface area contributed by atoms with E-state index in [1.807, 2.05) is 24.3 Å². The monoisotopic (exact) mass is 362 g/mol. The Hall–Kier alpha value is -2.93. The molecule has 2 N–H and O–H groups in total. The zero-order valence-corrected chi connectivity index (χ0v) is 15.2. The van der Waals surface area contributed by atoms with Gasteiger partial charge in [0.2, 0.25) is 0 Å². The SMILES string of the molecule is CN=CC(C=N)c1cc2c(cn1)N=C2c1cccc(N2CCC(O)CC2)n1. The van der Waals surface area contributed by atoms with Crippen LogP contribution in [0.3, 0.4) is 0 Å². The van der Waals surface area contributed by atoms with E-state index in [-0.39, 0.29) is 12.0 Å².